The molecule has 1 N–H and O–H groups in total. The molecule has 1 atom stereocenters. The highest BCUT2D eigenvalue weighted by atomic mass is 31.0. The van der Waals surface area contributed by atoms with Crippen molar-refractivity contribution in [2.45, 2.75) is 31.7 Å². The second kappa shape index (κ2) is 4.05. The van der Waals surface area contributed by atoms with Crippen LogP contribution in [-0.2, 0) is 0 Å². The number of aliphatic hydroxyl groups is 1. The summed E-state index contributed by atoms with van der Waals surface area (Å²) in [7, 11) is 3.07. The molecule has 0 aliphatic heterocycles. The first-order chi connectivity index (χ1) is 4.86. The van der Waals surface area contributed by atoms with Crippen molar-refractivity contribution in [3.63, 3.8) is 0 Å². The first-order valence-electron chi connectivity index (χ1n) is 3.84. The predicted molar refractivity (Wildman–Crippen MR) is 43.6 cm³/mol. The van der Waals surface area contributed by atoms with Crippen molar-refractivity contribution in [3.8, 4) is 0 Å². The second-order valence-corrected chi connectivity index (χ2v) is 3.26. The van der Waals surface area contributed by atoms with Gasteiger partial charge in [-0.15, -0.1) is 0 Å². The molecule has 0 amide bonds. The molecule has 0 spiro atoms. The molecule has 58 valence electrons. The molecule has 1 aliphatic carbocycles. The Labute approximate surface area is 64.0 Å². The fourth-order valence-corrected chi connectivity index (χ4v) is 1.47. The maximum absolute atomic E-state index is 8.77. The summed E-state index contributed by atoms with van der Waals surface area (Å²) in [5.41, 5.74) is 0. The van der Waals surface area contributed by atoms with Gasteiger partial charge in [-0.1, -0.05) is 19.3 Å². The zero-order valence-corrected chi connectivity index (χ0v) is 7.08. The Hall–Kier alpha value is 0.0600. The van der Waals surface area contributed by atoms with E-state index in [-0.39, 0.29) is 12.6 Å². The second-order valence-electron chi connectivity index (χ2n) is 3.00. The van der Waals surface area contributed by atoms with Gasteiger partial charge < -0.3 is 5.11 Å². The van der Waals surface area contributed by atoms with Crippen LogP contribution in [0.25, 0.3) is 0 Å². The molecule has 0 aromatic heterocycles. The Kier molecular flexibility index (Phi) is 3.30. The number of hydrogen-bond donors (Lipinski definition) is 1. The van der Waals surface area contributed by atoms with Gasteiger partial charge in [-0.3, -0.25) is 4.74 Å². The molecule has 1 unspecified atom stereocenters. The highest BCUT2D eigenvalue weighted by Crippen LogP contribution is 2.31. The zero-order valence-electron chi connectivity index (χ0n) is 6.08. The SMILES string of the molecule is OCC(CC1CCC1)N=P. The van der Waals surface area contributed by atoms with E-state index in [4.69, 9.17) is 5.11 Å². The molecule has 2 nitrogen and oxygen atoms in total. The minimum atomic E-state index is 0.127. The van der Waals surface area contributed by atoms with Crippen LogP contribution < -0.4 is 0 Å². The third-order valence-corrected chi connectivity index (χ3v) is 2.59. The van der Waals surface area contributed by atoms with Crippen LogP contribution in [0.3, 0.4) is 0 Å². The standard InChI is InChI=1S/C7H14NOP/c9-5-7(8-10)4-6-2-1-3-6/h6-7,9-10H,1-5H2. The Balaban J connectivity index is 2.13. The van der Waals surface area contributed by atoms with Gasteiger partial charge in [-0.05, 0) is 21.4 Å². The van der Waals surface area contributed by atoms with E-state index in [9.17, 15) is 0 Å². The van der Waals surface area contributed by atoms with Gasteiger partial charge in [0.15, 0.2) is 0 Å². The Morgan fingerprint density at radius 3 is 2.60 bits per heavy atom. The van der Waals surface area contributed by atoms with E-state index in [1.54, 1.807) is 0 Å². The fourth-order valence-electron chi connectivity index (χ4n) is 1.28. The van der Waals surface area contributed by atoms with E-state index in [1.807, 2.05) is 0 Å². The van der Waals surface area contributed by atoms with E-state index in [2.05, 4.69) is 13.8 Å². The van der Waals surface area contributed by atoms with E-state index >= 15 is 0 Å². The van der Waals surface area contributed by atoms with Crippen molar-refractivity contribution in [3.05, 3.63) is 0 Å². The molecule has 1 fully saturated rings. The average Bonchev–Trinajstić information content (AvgIpc) is 1.87. The highest BCUT2D eigenvalue weighted by molar-refractivity contribution is 7.04. The number of aliphatic hydroxyl groups excluding tert-OH is 1. The van der Waals surface area contributed by atoms with Gasteiger partial charge in [-0.25, -0.2) is 0 Å². The first kappa shape index (κ1) is 8.16. The lowest BCUT2D eigenvalue weighted by Gasteiger charge is -2.26. The summed E-state index contributed by atoms with van der Waals surface area (Å²) < 4.78 is 3.88. The lowest BCUT2D eigenvalue weighted by atomic mass is 9.81. The third-order valence-electron chi connectivity index (χ3n) is 2.22. The van der Waals surface area contributed by atoms with E-state index in [0.29, 0.717) is 0 Å². The van der Waals surface area contributed by atoms with Gasteiger partial charge in [0.1, 0.15) is 0 Å². The van der Waals surface area contributed by atoms with Crippen LogP contribution in [0, 0.1) is 5.92 Å². The van der Waals surface area contributed by atoms with Gasteiger partial charge >= 0.3 is 0 Å². The van der Waals surface area contributed by atoms with Crippen molar-refractivity contribution >= 4 is 9.03 Å². The topological polar surface area (TPSA) is 32.6 Å². The lowest BCUT2D eigenvalue weighted by molar-refractivity contribution is 0.213. The van der Waals surface area contributed by atoms with Crippen molar-refractivity contribution in [2.24, 2.45) is 10.7 Å². The minimum Gasteiger partial charge on any atom is -0.394 e. The molecular formula is C7H14NOP. The molecule has 0 saturated heterocycles. The fraction of sp³-hybridized carbons (Fsp3) is 1.00. The van der Waals surface area contributed by atoms with E-state index in [1.165, 1.54) is 19.3 Å². The summed E-state index contributed by atoms with van der Waals surface area (Å²) in [6.45, 7) is 0.181. The van der Waals surface area contributed by atoms with Gasteiger partial charge in [0.05, 0.1) is 12.6 Å². The molecule has 0 radical (unpaired) electrons. The maximum atomic E-state index is 8.77. The zero-order chi connectivity index (χ0) is 7.40. The summed E-state index contributed by atoms with van der Waals surface area (Å²) in [6, 6.07) is 0.127. The average molecular weight is 159 g/mol. The largest absolute Gasteiger partial charge is 0.394 e. The third kappa shape index (κ3) is 2.03. The Morgan fingerprint density at radius 1 is 1.60 bits per heavy atom. The maximum Gasteiger partial charge on any atom is 0.0773 e. The van der Waals surface area contributed by atoms with Gasteiger partial charge in [-0.2, -0.15) is 0 Å². The Morgan fingerprint density at radius 2 is 2.30 bits per heavy atom. The molecular weight excluding hydrogens is 145 g/mol. The summed E-state index contributed by atoms with van der Waals surface area (Å²) in [4.78, 5) is 0. The monoisotopic (exact) mass is 159 g/mol. The highest BCUT2D eigenvalue weighted by Gasteiger charge is 2.20. The molecule has 10 heavy (non-hydrogen) atoms. The summed E-state index contributed by atoms with van der Waals surface area (Å²) in [5.74, 6) is 0.831. The lowest BCUT2D eigenvalue weighted by Crippen LogP contribution is -2.20. The van der Waals surface area contributed by atoms with Gasteiger partial charge in [0.25, 0.3) is 0 Å². The minimum absolute atomic E-state index is 0.127. The number of nitrogens with zero attached hydrogens (tertiary/aromatic N) is 1. The van der Waals surface area contributed by atoms with Crippen molar-refractivity contribution in [1.29, 1.82) is 0 Å². The van der Waals surface area contributed by atoms with E-state index in [0.717, 1.165) is 12.3 Å². The molecule has 0 aromatic rings. The molecule has 0 aromatic carbocycles. The summed E-state index contributed by atoms with van der Waals surface area (Å²) in [6.07, 6.45) is 5.08. The smallest absolute Gasteiger partial charge is 0.0773 e. The summed E-state index contributed by atoms with van der Waals surface area (Å²) >= 11 is 0. The van der Waals surface area contributed by atoms with Crippen LogP contribution in [0.15, 0.2) is 4.74 Å². The normalized spacial score (nSPS) is 21.7. The molecule has 1 saturated carbocycles. The molecule has 0 heterocycles. The van der Waals surface area contributed by atoms with E-state index < -0.39 is 0 Å². The Bertz CT molecular complexity index is 114. The van der Waals surface area contributed by atoms with Crippen LogP contribution in [0.5, 0.6) is 0 Å². The predicted octanol–water partition coefficient (Wildman–Crippen LogP) is 1.86. The van der Waals surface area contributed by atoms with Crippen LogP contribution >= 0.6 is 9.03 Å². The van der Waals surface area contributed by atoms with Gasteiger partial charge in [0, 0.05) is 0 Å². The molecule has 0 bridgehead atoms. The van der Waals surface area contributed by atoms with Crippen LogP contribution in [0.2, 0.25) is 0 Å². The van der Waals surface area contributed by atoms with Gasteiger partial charge in [0.2, 0.25) is 0 Å². The van der Waals surface area contributed by atoms with Crippen LogP contribution in [-0.4, -0.2) is 17.8 Å². The molecule has 3 heteroatoms. The van der Waals surface area contributed by atoms with Crippen LogP contribution in [0.1, 0.15) is 25.7 Å². The molecule has 1 aliphatic rings. The van der Waals surface area contributed by atoms with Crippen molar-refractivity contribution in [2.75, 3.05) is 6.61 Å². The van der Waals surface area contributed by atoms with Crippen LogP contribution in [0.4, 0.5) is 0 Å². The molecule has 1 rings (SSSR count). The number of rotatable bonds is 4. The summed E-state index contributed by atoms with van der Waals surface area (Å²) in [5, 5.41) is 8.77. The van der Waals surface area contributed by atoms with Crippen molar-refractivity contribution in [1.82, 2.24) is 0 Å². The quantitative estimate of drug-likeness (QED) is 0.624. The van der Waals surface area contributed by atoms with Crippen molar-refractivity contribution < 1.29 is 5.11 Å². The number of hydrogen-bond acceptors (Lipinski definition) is 2. The first-order valence-corrected chi connectivity index (χ1v) is 4.29.